The Hall–Kier alpha value is -2.56. The van der Waals surface area contributed by atoms with Gasteiger partial charge in [-0.05, 0) is 18.2 Å². The number of methoxy groups -OCH3 is 3. The van der Waals surface area contributed by atoms with Crippen molar-refractivity contribution in [2.75, 3.05) is 21.3 Å². The molecular weight excluding hydrogens is 260 g/mol. The van der Waals surface area contributed by atoms with Crippen LogP contribution in [0.2, 0.25) is 0 Å². The van der Waals surface area contributed by atoms with Gasteiger partial charge in [0.05, 0.1) is 26.7 Å². The molecule has 0 aliphatic carbocycles. The van der Waals surface area contributed by atoms with Crippen molar-refractivity contribution in [1.82, 2.24) is 0 Å². The van der Waals surface area contributed by atoms with Crippen LogP contribution >= 0.6 is 0 Å². The van der Waals surface area contributed by atoms with Crippen LogP contribution in [0, 0.1) is 0 Å². The predicted octanol–water partition coefficient (Wildman–Crippen LogP) is 3.32. The first-order valence-corrected chi connectivity index (χ1v) is 6.03. The summed E-state index contributed by atoms with van der Waals surface area (Å²) in [7, 11) is 4.67. The molecule has 0 bridgehead atoms. The van der Waals surface area contributed by atoms with Crippen molar-refractivity contribution in [3.8, 4) is 23.0 Å². The van der Waals surface area contributed by atoms with E-state index < -0.39 is 0 Å². The first kappa shape index (κ1) is 12.5. The van der Waals surface area contributed by atoms with E-state index in [0.717, 1.165) is 5.39 Å². The highest BCUT2D eigenvalue weighted by Gasteiger charge is 2.19. The Labute approximate surface area is 115 Å². The molecule has 1 heterocycles. The predicted molar refractivity (Wildman–Crippen MR) is 75.0 cm³/mol. The largest absolute Gasteiger partial charge is 0.508 e. The Morgan fingerprint density at radius 3 is 2.35 bits per heavy atom. The Balaban J connectivity index is 2.51. The third kappa shape index (κ3) is 1.63. The maximum atomic E-state index is 9.82. The number of furan rings is 1. The molecule has 3 rings (SSSR count). The van der Waals surface area contributed by atoms with Crippen LogP contribution in [0.25, 0.3) is 21.9 Å². The number of aromatic hydroxyl groups is 1. The van der Waals surface area contributed by atoms with Crippen molar-refractivity contribution >= 4 is 21.9 Å². The van der Waals surface area contributed by atoms with Gasteiger partial charge in [-0.1, -0.05) is 0 Å². The molecule has 5 heteroatoms. The highest BCUT2D eigenvalue weighted by molar-refractivity contribution is 6.11. The van der Waals surface area contributed by atoms with Crippen LogP contribution < -0.4 is 14.2 Å². The zero-order valence-electron chi connectivity index (χ0n) is 11.4. The summed E-state index contributed by atoms with van der Waals surface area (Å²) in [5, 5.41) is 11.3. The maximum Gasteiger partial charge on any atom is 0.177 e. The lowest BCUT2D eigenvalue weighted by atomic mass is 10.1. The third-order valence-electron chi connectivity index (χ3n) is 3.25. The van der Waals surface area contributed by atoms with Gasteiger partial charge in [0.1, 0.15) is 11.3 Å². The molecule has 0 aliphatic heterocycles. The van der Waals surface area contributed by atoms with E-state index in [1.54, 1.807) is 32.4 Å². The zero-order valence-corrected chi connectivity index (χ0v) is 11.4. The smallest absolute Gasteiger partial charge is 0.177 e. The van der Waals surface area contributed by atoms with E-state index in [4.69, 9.17) is 18.6 Å². The molecule has 0 unspecified atom stereocenters. The quantitative estimate of drug-likeness (QED) is 0.793. The van der Waals surface area contributed by atoms with Gasteiger partial charge < -0.3 is 23.7 Å². The number of hydrogen-bond acceptors (Lipinski definition) is 5. The second-order valence-electron chi connectivity index (χ2n) is 4.30. The highest BCUT2D eigenvalue weighted by atomic mass is 16.5. The van der Waals surface area contributed by atoms with E-state index >= 15 is 0 Å². The van der Waals surface area contributed by atoms with Crippen molar-refractivity contribution < 1.29 is 23.7 Å². The van der Waals surface area contributed by atoms with Crippen LogP contribution in [0.4, 0.5) is 0 Å². The average molecular weight is 274 g/mol. The average Bonchev–Trinajstić information content (AvgIpc) is 2.83. The lowest BCUT2D eigenvalue weighted by molar-refractivity contribution is 0.358. The standard InChI is InChI=1S/C15H14O5/c1-17-11-5-4-10-13(15(11)19-3)9-6-8(16)7-12(18-2)14(9)20-10/h4-7,16H,1-3H3. The monoisotopic (exact) mass is 274 g/mol. The van der Waals surface area contributed by atoms with Gasteiger partial charge in [0.15, 0.2) is 22.8 Å². The van der Waals surface area contributed by atoms with E-state index in [0.29, 0.717) is 33.8 Å². The number of rotatable bonds is 3. The van der Waals surface area contributed by atoms with Gasteiger partial charge in [0.2, 0.25) is 0 Å². The van der Waals surface area contributed by atoms with Crippen molar-refractivity contribution in [3.63, 3.8) is 0 Å². The van der Waals surface area contributed by atoms with Gasteiger partial charge in [0, 0.05) is 11.5 Å². The number of phenols is 1. The van der Waals surface area contributed by atoms with Gasteiger partial charge in [-0.2, -0.15) is 0 Å². The topological polar surface area (TPSA) is 61.1 Å². The van der Waals surface area contributed by atoms with Gasteiger partial charge in [-0.25, -0.2) is 0 Å². The molecule has 0 aliphatic rings. The van der Waals surface area contributed by atoms with Gasteiger partial charge >= 0.3 is 0 Å². The molecule has 0 amide bonds. The summed E-state index contributed by atoms with van der Waals surface area (Å²) in [5.41, 5.74) is 1.20. The van der Waals surface area contributed by atoms with Crippen molar-refractivity contribution in [1.29, 1.82) is 0 Å². The molecule has 20 heavy (non-hydrogen) atoms. The molecule has 0 radical (unpaired) electrons. The van der Waals surface area contributed by atoms with Crippen LogP contribution in [-0.2, 0) is 0 Å². The minimum absolute atomic E-state index is 0.0990. The molecule has 1 aromatic heterocycles. The summed E-state index contributed by atoms with van der Waals surface area (Å²) in [6.07, 6.45) is 0. The SMILES string of the molecule is COc1ccc2oc3c(OC)cc(O)cc3c2c1OC. The third-order valence-corrected chi connectivity index (χ3v) is 3.25. The fourth-order valence-electron chi connectivity index (χ4n) is 2.39. The molecule has 5 nitrogen and oxygen atoms in total. The summed E-state index contributed by atoms with van der Waals surface area (Å²) in [6, 6.07) is 6.70. The molecular formula is C15H14O5. The highest BCUT2D eigenvalue weighted by Crippen LogP contribution is 2.44. The van der Waals surface area contributed by atoms with E-state index in [-0.39, 0.29) is 5.75 Å². The summed E-state index contributed by atoms with van der Waals surface area (Å²) in [4.78, 5) is 0. The summed E-state index contributed by atoms with van der Waals surface area (Å²) >= 11 is 0. The van der Waals surface area contributed by atoms with Gasteiger partial charge in [-0.15, -0.1) is 0 Å². The summed E-state index contributed by atoms with van der Waals surface area (Å²) in [5.74, 6) is 1.74. The van der Waals surface area contributed by atoms with Crippen molar-refractivity contribution in [2.24, 2.45) is 0 Å². The molecule has 2 aromatic carbocycles. The van der Waals surface area contributed by atoms with Crippen molar-refractivity contribution in [2.45, 2.75) is 0 Å². The lowest BCUT2D eigenvalue weighted by Gasteiger charge is -2.07. The number of fused-ring (bicyclic) bond motifs is 3. The summed E-state index contributed by atoms with van der Waals surface area (Å²) in [6.45, 7) is 0. The second kappa shape index (κ2) is 4.52. The molecule has 104 valence electrons. The maximum absolute atomic E-state index is 9.82. The fourth-order valence-corrected chi connectivity index (χ4v) is 2.39. The minimum atomic E-state index is 0.0990. The Morgan fingerprint density at radius 2 is 1.70 bits per heavy atom. The number of benzene rings is 2. The van der Waals surface area contributed by atoms with Crippen LogP contribution in [0.15, 0.2) is 28.7 Å². The molecule has 3 aromatic rings. The Kier molecular flexibility index (Phi) is 2.82. The zero-order chi connectivity index (χ0) is 14.3. The van der Waals surface area contributed by atoms with Crippen LogP contribution in [0.5, 0.6) is 23.0 Å². The number of phenolic OH excluding ortho intramolecular Hbond substituents is 1. The molecule has 0 spiro atoms. The normalized spacial score (nSPS) is 10.9. The Bertz CT molecular complexity index is 788. The number of ether oxygens (including phenoxy) is 3. The van der Waals surface area contributed by atoms with Gasteiger partial charge in [-0.3, -0.25) is 0 Å². The molecule has 1 N–H and O–H groups in total. The molecule has 0 fully saturated rings. The molecule has 0 saturated heterocycles. The Morgan fingerprint density at radius 1 is 0.950 bits per heavy atom. The number of hydrogen-bond donors (Lipinski definition) is 1. The van der Waals surface area contributed by atoms with Crippen LogP contribution in [0.1, 0.15) is 0 Å². The lowest BCUT2D eigenvalue weighted by Crippen LogP contribution is -1.90. The van der Waals surface area contributed by atoms with Crippen molar-refractivity contribution in [3.05, 3.63) is 24.3 Å². The molecule has 0 saturated carbocycles. The first-order chi connectivity index (χ1) is 9.69. The minimum Gasteiger partial charge on any atom is -0.508 e. The second-order valence-corrected chi connectivity index (χ2v) is 4.30. The summed E-state index contributed by atoms with van der Waals surface area (Å²) < 4.78 is 21.8. The van der Waals surface area contributed by atoms with E-state index in [1.165, 1.54) is 13.2 Å². The van der Waals surface area contributed by atoms with Crippen LogP contribution in [-0.4, -0.2) is 26.4 Å². The fraction of sp³-hybridized carbons (Fsp3) is 0.200. The van der Waals surface area contributed by atoms with Crippen LogP contribution in [0.3, 0.4) is 0 Å². The first-order valence-electron chi connectivity index (χ1n) is 6.03. The van der Waals surface area contributed by atoms with E-state index in [1.807, 2.05) is 0 Å². The van der Waals surface area contributed by atoms with E-state index in [2.05, 4.69) is 0 Å². The molecule has 0 atom stereocenters. The van der Waals surface area contributed by atoms with Gasteiger partial charge in [0.25, 0.3) is 0 Å². The van der Waals surface area contributed by atoms with E-state index in [9.17, 15) is 5.11 Å².